The van der Waals surface area contributed by atoms with Gasteiger partial charge in [0.25, 0.3) is 0 Å². The molecule has 0 saturated heterocycles. The molecule has 3 rings (SSSR count). The normalized spacial score (nSPS) is 11.3. The van der Waals surface area contributed by atoms with Gasteiger partial charge in [-0.3, -0.25) is 10.2 Å². The molecule has 0 radical (unpaired) electrons. The van der Waals surface area contributed by atoms with E-state index < -0.39 is 6.09 Å². The topological polar surface area (TPSA) is 50.7 Å². The van der Waals surface area contributed by atoms with Crippen molar-refractivity contribution in [2.45, 2.75) is 6.92 Å². The van der Waals surface area contributed by atoms with E-state index in [9.17, 15) is 4.79 Å². The lowest BCUT2D eigenvalue weighted by molar-refractivity contribution is 0.166. The van der Waals surface area contributed by atoms with Crippen LogP contribution in [0.1, 0.15) is 12.5 Å². The van der Waals surface area contributed by atoms with Gasteiger partial charge in [0, 0.05) is 5.69 Å². The van der Waals surface area contributed by atoms with E-state index in [1.54, 1.807) is 19.1 Å². The van der Waals surface area contributed by atoms with Crippen molar-refractivity contribution >= 4 is 28.3 Å². The Balaban J connectivity index is 1.69. The van der Waals surface area contributed by atoms with E-state index in [1.807, 2.05) is 54.6 Å². The Hall–Kier alpha value is -3.14. The molecule has 0 aliphatic rings. The van der Waals surface area contributed by atoms with Crippen LogP contribution in [-0.4, -0.2) is 11.8 Å². The maximum Gasteiger partial charge on any atom is 0.437 e. The number of anilines is 1. The van der Waals surface area contributed by atoms with Crippen molar-refractivity contribution in [1.82, 2.24) is 0 Å². The monoisotopic (exact) mass is 304 g/mol. The summed E-state index contributed by atoms with van der Waals surface area (Å²) in [6, 6.07) is 23.2. The van der Waals surface area contributed by atoms with Crippen LogP contribution in [0.25, 0.3) is 10.8 Å². The summed E-state index contributed by atoms with van der Waals surface area (Å²) in [5.74, 6) is 0. The second-order valence-corrected chi connectivity index (χ2v) is 5.11. The third kappa shape index (κ3) is 3.74. The molecule has 4 heteroatoms. The molecule has 23 heavy (non-hydrogen) atoms. The van der Waals surface area contributed by atoms with E-state index in [2.05, 4.69) is 16.5 Å². The van der Waals surface area contributed by atoms with Crippen LogP contribution in [0.3, 0.4) is 0 Å². The molecular formula is C19H16N2O2. The highest BCUT2D eigenvalue weighted by molar-refractivity contribution is 6.02. The number of fused-ring (bicyclic) bond motifs is 1. The highest BCUT2D eigenvalue weighted by atomic mass is 16.7. The number of oxime groups is 1. The summed E-state index contributed by atoms with van der Waals surface area (Å²) in [6.07, 6.45) is -0.615. The van der Waals surface area contributed by atoms with Crippen LogP contribution >= 0.6 is 0 Å². The first-order chi connectivity index (χ1) is 11.2. The Morgan fingerprint density at radius 2 is 1.61 bits per heavy atom. The van der Waals surface area contributed by atoms with Crippen LogP contribution in [0.2, 0.25) is 0 Å². The van der Waals surface area contributed by atoms with E-state index in [1.165, 1.54) is 0 Å². The predicted octanol–water partition coefficient (Wildman–Crippen LogP) is 4.81. The number of rotatable bonds is 3. The Morgan fingerprint density at radius 1 is 0.913 bits per heavy atom. The smallest absolute Gasteiger partial charge is 0.298 e. The SMILES string of the molecule is C/C(=N\OC(=O)Nc1ccccc1)c1ccc2ccccc2c1. The van der Waals surface area contributed by atoms with Crippen molar-refractivity contribution in [3.63, 3.8) is 0 Å². The van der Waals surface area contributed by atoms with E-state index in [4.69, 9.17) is 4.84 Å². The predicted molar refractivity (Wildman–Crippen MR) is 92.7 cm³/mol. The van der Waals surface area contributed by atoms with Crippen LogP contribution in [-0.2, 0) is 4.84 Å². The molecule has 0 aliphatic carbocycles. The lowest BCUT2D eigenvalue weighted by atomic mass is 10.0. The number of benzene rings is 3. The highest BCUT2D eigenvalue weighted by Gasteiger charge is 2.04. The Morgan fingerprint density at radius 3 is 2.39 bits per heavy atom. The lowest BCUT2D eigenvalue weighted by Gasteiger charge is -2.05. The molecular weight excluding hydrogens is 288 g/mol. The van der Waals surface area contributed by atoms with Gasteiger partial charge >= 0.3 is 6.09 Å². The second kappa shape index (κ2) is 6.75. The molecule has 0 aliphatic heterocycles. The van der Waals surface area contributed by atoms with Crippen molar-refractivity contribution in [1.29, 1.82) is 0 Å². The largest absolute Gasteiger partial charge is 0.437 e. The second-order valence-electron chi connectivity index (χ2n) is 5.11. The summed E-state index contributed by atoms with van der Waals surface area (Å²) in [5.41, 5.74) is 2.21. The van der Waals surface area contributed by atoms with Crippen molar-refractivity contribution in [2.24, 2.45) is 5.16 Å². The molecule has 0 atom stereocenters. The third-order valence-corrected chi connectivity index (χ3v) is 3.45. The van der Waals surface area contributed by atoms with Crippen molar-refractivity contribution in [3.05, 3.63) is 78.4 Å². The van der Waals surface area contributed by atoms with Crippen LogP contribution in [0, 0.1) is 0 Å². The fourth-order valence-electron chi connectivity index (χ4n) is 2.24. The number of para-hydroxylation sites is 1. The van der Waals surface area contributed by atoms with Gasteiger partial charge in [0.1, 0.15) is 0 Å². The number of hydrogen-bond donors (Lipinski definition) is 1. The standard InChI is InChI=1S/C19H16N2O2/c1-14(16-12-11-15-7-5-6-8-17(15)13-16)21-23-19(22)20-18-9-3-2-4-10-18/h2-13H,1H3,(H,20,22)/b21-14+. The van der Waals surface area contributed by atoms with Crippen molar-refractivity contribution < 1.29 is 9.63 Å². The van der Waals surface area contributed by atoms with Crippen LogP contribution in [0.5, 0.6) is 0 Å². The van der Waals surface area contributed by atoms with Crippen LogP contribution in [0.4, 0.5) is 10.5 Å². The van der Waals surface area contributed by atoms with Crippen molar-refractivity contribution in [3.8, 4) is 0 Å². The Labute approximate surface area is 134 Å². The van der Waals surface area contributed by atoms with Crippen LogP contribution in [0.15, 0.2) is 78.0 Å². The first-order valence-corrected chi connectivity index (χ1v) is 7.29. The minimum absolute atomic E-state index is 0.615. The van der Waals surface area contributed by atoms with E-state index in [0.717, 1.165) is 16.3 Å². The molecule has 1 N–H and O–H groups in total. The summed E-state index contributed by atoms with van der Waals surface area (Å²) in [5, 5.41) is 8.79. The maximum absolute atomic E-state index is 11.7. The zero-order valence-electron chi connectivity index (χ0n) is 12.7. The van der Waals surface area contributed by atoms with Gasteiger partial charge in [-0.05, 0) is 41.5 Å². The molecule has 0 unspecified atom stereocenters. The van der Waals surface area contributed by atoms with E-state index in [-0.39, 0.29) is 0 Å². The van der Waals surface area contributed by atoms with Gasteiger partial charge in [0.2, 0.25) is 0 Å². The van der Waals surface area contributed by atoms with E-state index >= 15 is 0 Å². The van der Waals surface area contributed by atoms with Gasteiger partial charge in [0.15, 0.2) is 0 Å². The minimum atomic E-state index is -0.615. The molecule has 0 spiro atoms. The van der Waals surface area contributed by atoms with Gasteiger partial charge in [0.05, 0.1) is 5.71 Å². The molecule has 3 aromatic rings. The van der Waals surface area contributed by atoms with Gasteiger partial charge < -0.3 is 0 Å². The number of amides is 1. The van der Waals surface area contributed by atoms with Gasteiger partial charge in [-0.15, -0.1) is 0 Å². The summed E-state index contributed by atoms with van der Waals surface area (Å²) < 4.78 is 0. The highest BCUT2D eigenvalue weighted by Crippen LogP contribution is 2.16. The minimum Gasteiger partial charge on any atom is -0.298 e. The molecule has 0 fully saturated rings. The summed E-state index contributed by atoms with van der Waals surface area (Å²) in [6.45, 7) is 1.81. The quantitative estimate of drug-likeness (QED) is 0.429. The fourth-order valence-corrected chi connectivity index (χ4v) is 2.24. The molecule has 0 bridgehead atoms. The molecule has 4 nitrogen and oxygen atoms in total. The number of carbonyl (C=O) groups is 1. The zero-order valence-corrected chi connectivity index (χ0v) is 12.7. The van der Waals surface area contributed by atoms with Gasteiger partial charge in [-0.2, -0.15) is 0 Å². The van der Waals surface area contributed by atoms with Crippen molar-refractivity contribution in [2.75, 3.05) is 5.32 Å². The lowest BCUT2D eigenvalue weighted by Crippen LogP contribution is -2.11. The molecule has 1 amide bonds. The molecule has 0 heterocycles. The average Bonchev–Trinajstić information content (AvgIpc) is 2.60. The Kier molecular flexibility index (Phi) is 4.34. The Bertz CT molecular complexity index is 857. The number of nitrogens with one attached hydrogen (secondary N) is 1. The average molecular weight is 304 g/mol. The van der Waals surface area contributed by atoms with Crippen LogP contribution < -0.4 is 5.32 Å². The third-order valence-electron chi connectivity index (χ3n) is 3.45. The first kappa shape index (κ1) is 14.8. The number of nitrogens with zero attached hydrogens (tertiary/aromatic N) is 1. The summed E-state index contributed by atoms with van der Waals surface area (Å²) in [7, 11) is 0. The molecule has 0 aromatic heterocycles. The van der Waals surface area contributed by atoms with E-state index in [0.29, 0.717) is 11.4 Å². The maximum atomic E-state index is 11.7. The number of carbonyl (C=O) groups excluding carboxylic acids is 1. The zero-order chi connectivity index (χ0) is 16.1. The summed E-state index contributed by atoms with van der Waals surface area (Å²) in [4.78, 5) is 16.6. The summed E-state index contributed by atoms with van der Waals surface area (Å²) >= 11 is 0. The molecule has 3 aromatic carbocycles. The molecule has 0 saturated carbocycles. The first-order valence-electron chi connectivity index (χ1n) is 7.29. The molecule has 114 valence electrons. The van der Waals surface area contributed by atoms with Gasteiger partial charge in [-0.25, -0.2) is 4.79 Å². The fraction of sp³-hybridized carbons (Fsp3) is 0.0526. The van der Waals surface area contributed by atoms with Gasteiger partial charge in [-0.1, -0.05) is 59.8 Å². The number of hydrogen-bond acceptors (Lipinski definition) is 3.